The fraction of sp³-hybridized carbons (Fsp3) is 0.429. The van der Waals surface area contributed by atoms with Gasteiger partial charge in [0.15, 0.2) is 0 Å². The highest BCUT2D eigenvalue weighted by molar-refractivity contribution is 6.30. The van der Waals surface area contributed by atoms with Gasteiger partial charge in [0.2, 0.25) is 5.88 Å². The molecule has 0 unspecified atom stereocenters. The van der Waals surface area contributed by atoms with E-state index in [0.717, 1.165) is 25.0 Å². The lowest BCUT2D eigenvalue weighted by Crippen LogP contribution is -2.10. The monoisotopic (exact) mass is 170 g/mol. The van der Waals surface area contributed by atoms with Crippen LogP contribution >= 0.6 is 11.6 Å². The van der Waals surface area contributed by atoms with E-state index < -0.39 is 0 Å². The highest BCUT2D eigenvalue weighted by Gasteiger charge is 2.14. The number of fused-ring (bicyclic) bond motifs is 1. The molecule has 3 nitrogen and oxygen atoms in total. The Hall–Kier alpha value is -0.830. The summed E-state index contributed by atoms with van der Waals surface area (Å²) < 4.78 is 5.27. The summed E-state index contributed by atoms with van der Waals surface area (Å²) in [6.07, 6.45) is 3.35. The van der Waals surface area contributed by atoms with E-state index in [1.165, 1.54) is 6.33 Å². The first-order valence-corrected chi connectivity index (χ1v) is 3.88. The number of hydrogen-bond acceptors (Lipinski definition) is 3. The van der Waals surface area contributed by atoms with E-state index in [1.54, 1.807) is 0 Å². The van der Waals surface area contributed by atoms with Crippen LogP contribution < -0.4 is 4.74 Å². The van der Waals surface area contributed by atoms with E-state index in [-0.39, 0.29) is 0 Å². The van der Waals surface area contributed by atoms with Crippen LogP contribution in [0.3, 0.4) is 0 Å². The maximum Gasteiger partial charge on any atom is 0.221 e. The fourth-order valence-electron chi connectivity index (χ4n) is 1.13. The van der Waals surface area contributed by atoms with Crippen LogP contribution in [0.2, 0.25) is 5.15 Å². The van der Waals surface area contributed by atoms with Crippen molar-refractivity contribution in [2.75, 3.05) is 6.61 Å². The van der Waals surface area contributed by atoms with Crippen LogP contribution in [-0.2, 0) is 6.42 Å². The minimum absolute atomic E-state index is 0.523. The van der Waals surface area contributed by atoms with Crippen molar-refractivity contribution in [3.63, 3.8) is 0 Å². The van der Waals surface area contributed by atoms with Gasteiger partial charge in [0.05, 0.1) is 12.2 Å². The molecular formula is C7H7ClN2O. The van der Waals surface area contributed by atoms with Gasteiger partial charge in [0.1, 0.15) is 11.5 Å². The van der Waals surface area contributed by atoms with Gasteiger partial charge in [-0.1, -0.05) is 11.6 Å². The summed E-state index contributed by atoms with van der Waals surface area (Å²) in [5.41, 5.74) is 0.945. The first kappa shape index (κ1) is 6.85. The normalized spacial score (nSPS) is 15.4. The van der Waals surface area contributed by atoms with E-state index in [0.29, 0.717) is 11.0 Å². The summed E-state index contributed by atoms with van der Waals surface area (Å²) in [6, 6.07) is 0. The molecule has 4 heteroatoms. The van der Waals surface area contributed by atoms with Crippen molar-refractivity contribution in [1.82, 2.24) is 9.97 Å². The standard InChI is InChI=1S/C7H7ClN2O/c8-6-5-2-1-3-11-7(5)10-4-9-6/h4H,1-3H2. The zero-order valence-electron chi connectivity index (χ0n) is 5.88. The molecule has 11 heavy (non-hydrogen) atoms. The van der Waals surface area contributed by atoms with Gasteiger partial charge in [0.25, 0.3) is 0 Å². The molecule has 0 amide bonds. The fourth-order valence-corrected chi connectivity index (χ4v) is 1.35. The first-order valence-electron chi connectivity index (χ1n) is 3.50. The van der Waals surface area contributed by atoms with E-state index in [2.05, 4.69) is 9.97 Å². The van der Waals surface area contributed by atoms with Crippen molar-refractivity contribution in [2.24, 2.45) is 0 Å². The Balaban J connectivity index is 2.49. The van der Waals surface area contributed by atoms with Crippen LogP contribution in [-0.4, -0.2) is 16.6 Å². The van der Waals surface area contributed by atoms with Gasteiger partial charge < -0.3 is 4.74 Å². The topological polar surface area (TPSA) is 35.0 Å². The molecule has 0 bridgehead atoms. The van der Waals surface area contributed by atoms with Crippen molar-refractivity contribution in [3.8, 4) is 5.88 Å². The number of ether oxygens (including phenoxy) is 1. The molecule has 1 aliphatic rings. The first-order chi connectivity index (χ1) is 5.38. The van der Waals surface area contributed by atoms with Gasteiger partial charge in [-0.3, -0.25) is 0 Å². The Kier molecular flexibility index (Phi) is 1.66. The molecule has 0 atom stereocenters. The van der Waals surface area contributed by atoms with Crippen LogP contribution in [0.15, 0.2) is 6.33 Å². The molecule has 1 aliphatic heterocycles. The molecule has 0 saturated carbocycles. The van der Waals surface area contributed by atoms with Crippen LogP contribution in [0.25, 0.3) is 0 Å². The van der Waals surface area contributed by atoms with Crippen molar-refractivity contribution >= 4 is 11.6 Å². The molecule has 58 valence electrons. The molecule has 0 aliphatic carbocycles. The predicted molar refractivity (Wildman–Crippen MR) is 40.9 cm³/mol. The third-order valence-electron chi connectivity index (χ3n) is 1.66. The quantitative estimate of drug-likeness (QED) is 0.553. The van der Waals surface area contributed by atoms with Gasteiger partial charge in [-0.15, -0.1) is 0 Å². The van der Waals surface area contributed by atoms with Crippen LogP contribution in [0.4, 0.5) is 0 Å². The minimum atomic E-state index is 0.523. The average Bonchev–Trinajstić information content (AvgIpc) is 2.06. The lowest BCUT2D eigenvalue weighted by Gasteiger charge is -2.15. The molecule has 0 saturated heterocycles. The minimum Gasteiger partial charge on any atom is -0.477 e. The SMILES string of the molecule is Clc1ncnc2c1CCCO2. The van der Waals surface area contributed by atoms with Gasteiger partial charge in [-0.2, -0.15) is 0 Å². The van der Waals surface area contributed by atoms with Gasteiger partial charge in [-0.05, 0) is 12.8 Å². The predicted octanol–water partition coefficient (Wildman–Crippen LogP) is 1.45. The number of halogens is 1. The molecule has 0 aromatic carbocycles. The highest BCUT2D eigenvalue weighted by Crippen LogP contribution is 2.26. The maximum absolute atomic E-state index is 5.81. The van der Waals surface area contributed by atoms with Crippen molar-refractivity contribution in [1.29, 1.82) is 0 Å². The Morgan fingerprint density at radius 1 is 1.45 bits per heavy atom. The zero-order chi connectivity index (χ0) is 7.68. The second-order valence-corrected chi connectivity index (χ2v) is 2.76. The van der Waals surface area contributed by atoms with E-state index in [4.69, 9.17) is 16.3 Å². The van der Waals surface area contributed by atoms with Gasteiger partial charge >= 0.3 is 0 Å². The number of hydrogen-bond donors (Lipinski definition) is 0. The van der Waals surface area contributed by atoms with Crippen LogP contribution in [0, 0.1) is 0 Å². The number of aromatic nitrogens is 2. The third kappa shape index (κ3) is 1.16. The van der Waals surface area contributed by atoms with Crippen molar-refractivity contribution in [2.45, 2.75) is 12.8 Å². The average molecular weight is 171 g/mol. The Morgan fingerprint density at radius 2 is 2.36 bits per heavy atom. The molecule has 0 N–H and O–H groups in total. The number of nitrogens with zero attached hydrogens (tertiary/aromatic N) is 2. The largest absolute Gasteiger partial charge is 0.477 e. The van der Waals surface area contributed by atoms with Crippen molar-refractivity contribution in [3.05, 3.63) is 17.0 Å². The van der Waals surface area contributed by atoms with Crippen LogP contribution in [0.5, 0.6) is 5.88 Å². The third-order valence-corrected chi connectivity index (χ3v) is 1.99. The molecular weight excluding hydrogens is 164 g/mol. The van der Waals surface area contributed by atoms with E-state index >= 15 is 0 Å². The summed E-state index contributed by atoms with van der Waals surface area (Å²) in [7, 11) is 0. The Morgan fingerprint density at radius 3 is 3.18 bits per heavy atom. The summed E-state index contributed by atoms with van der Waals surface area (Å²) in [5, 5.41) is 0.523. The smallest absolute Gasteiger partial charge is 0.221 e. The van der Waals surface area contributed by atoms with Crippen LogP contribution in [0.1, 0.15) is 12.0 Å². The molecule has 0 radical (unpaired) electrons. The zero-order valence-corrected chi connectivity index (χ0v) is 6.64. The maximum atomic E-state index is 5.81. The molecule has 2 rings (SSSR count). The molecule has 2 heterocycles. The van der Waals surface area contributed by atoms with Crippen molar-refractivity contribution < 1.29 is 4.74 Å². The number of rotatable bonds is 0. The Bertz CT molecular complexity index is 277. The summed E-state index contributed by atoms with van der Waals surface area (Å²) in [4.78, 5) is 7.83. The van der Waals surface area contributed by atoms with Gasteiger partial charge in [-0.25, -0.2) is 9.97 Å². The summed E-state index contributed by atoms with van der Waals surface area (Å²) >= 11 is 5.81. The van der Waals surface area contributed by atoms with E-state index in [9.17, 15) is 0 Å². The summed E-state index contributed by atoms with van der Waals surface area (Å²) in [6.45, 7) is 0.736. The van der Waals surface area contributed by atoms with E-state index in [1.807, 2.05) is 0 Å². The molecule has 1 aromatic rings. The summed E-state index contributed by atoms with van der Waals surface area (Å²) in [5.74, 6) is 0.649. The lowest BCUT2D eigenvalue weighted by atomic mass is 10.1. The lowest BCUT2D eigenvalue weighted by molar-refractivity contribution is 0.275. The highest BCUT2D eigenvalue weighted by atomic mass is 35.5. The molecule has 0 fully saturated rings. The Labute approximate surface area is 69.4 Å². The molecule has 0 spiro atoms. The van der Waals surface area contributed by atoms with Gasteiger partial charge in [0, 0.05) is 0 Å². The molecule has 1 aromatic heterocycles. The second-order valence-electron chi connectivity index (χ2n) is 2.40. The second kappa shape index (κ2) is 2.66.